The smallest absolute Gasteiger partial charge is 0.167 e. The lowest BCUT2D eigenvalue weighted by Gasteiger charge is -1.98. The Bertz CT molecular complexity index is 496. The lowest BCUT2D eigenvalue weighted by molar-refractivity contribution is 0.423. The van der Waals surface area contributed by atoms with Crippen LogP contribution in [0.15, 0.2) is 28.8 Å². The third-order valence-corrected chi connectivity index (χ3v) is 2.90. The molecule has 2 aromatic rings. The number of nitrogens with two attached hydrogens (primary N) is 1. The highest BCUT2D eigenvalue weighted by Crippen LogP contribution is 2.28. The van der Waals surface area contributed by atoms with Gasteiger partial charge in [-0.05, 0) is 24.7 Å². The van der Waals surface area contributed by atoms with Gasteiger partial charge < -0.3 is 10.3 Å². The van der Waals surface area contributed by atoms with E-state index in [1.165, 1.54) is 0 Å². The Hall–Kier alpha value is -1.03. The Morgan fingerprint density at radius 1 is 1.19 bits per heavy atom. The molecule has 0 unspecified atom stereocenters. The summed E-state index contributed by atoms with van der Waals surface area (Å²) in [5.41, 5.74) is 7.12. The molecule has 2 rings (SSSR count). The fourth-order valence-electron chi connectivity index (χ4n) is 1.36. The van der Waals surface area contributed by atoms with Crippen LogP contribution in [0.3, 0.4) is 0 Å². The number of halogens is 2. The first-order chi connectivity index (χ1) is 7.70. The molecule has 0 radical (unpaired) electrons. The largest absolute Gasteiger partial charge is 0.356 e. The van der Waals surface area contributed by atoms with Crippen LogP contribution in [0.2, 0.25) is 10.0 Å². The third kappa shape index (κ3) is 2.38. The van der Waals surface area contributed by atoms with Gasteiger partial charge in [0.2, 0.25) is 0 Å². The van der Waals surface area contributed by atoms with Crippen molar-refractivity contribution in [2.75, 3.05) is 6.54 Å². The number of rotatable bonds is 3. The molecule has 16 heavy (non-hydrogen) atoms. The highest BCUT2D eigenvalue weighted by molar-refractivity contribution is 6.42. The molecule has 1 aromatic carbocycles. The Labute approximate surface area is 103 Å². The predicted molar refractivity (Wildman–Crippen MR) is 64.7 cm³/mol. The predicted octanol–water partition coefficient (Wildman–Crippen LogP) is 3.15. The van der Waals surface area contributed by atoms with Crippen molar-refractivity contribution in [3.8, 4) is 11.3 Å². The van der Waals surface area contributed by atoms with E-state index >= 15 is 0 Å². The Morgan fingerprint density at radius 3 is 2.69 bits per heavy atom. The summed E-state index contributed by atoms with van der Waals surface area (Å²) >= 11 is 11.7. The molecule has 0 aliphatic carbocycles. The molecular weight excluding hydrogens is 247 g/mol. The molecule has 84 valence electrons. The van der Waals surface area contributed by atoms with E-state index in [0.29, 0.717) is 28.8 Å². The summed E-state index contributed by atoms with van der Waals surface area (Å²) in [7, 11) is 0. The normalized spacial score (nSPS) is 10.7. The maximum absolute atomic E-state index is 5.92. The summed E-state index contributed by atoms with van der Waals surface area (Å²) in [6, 6.07) is 7.16. The van der Waals surface area contributed by atoms with Gasteiger partial charge in [-0.2, -0.15) is 0 Å². The summed E-state index contributed by atoms with van der Waals surface area (Å²) in [5, 5.41) is 4.92. The number of benzene rings is 1. The van der Waals surface area contributed by atoms with Crippen molar-refractivity contribution in [1.29, 1.82) is 0 Å². The van der Waals surface area contributed by atoms with Crippen molar-refractivity contribution in [3.05, 3.63) is 40.0 Å². The van der Waals surface area contributed by atoms with E-state index < -0.39 is 0 Å². The van der Waals surface area contributed by atoms with Gasteiger partial charge in [0.05, 0.1) is 15.7 Å². The zero-order valence-electron chi connectivity index (χ0n) is 8.41. The molecule has 2 N–H and O–H groups in total. The molecule has 1 aromatic heterocycles. The molecule has 5 heteroatoms. The van der Waals surface area contributed by atoms with Gasteiger partial charge in [-0.3, -0.25) is 0 Å². The second-order valence-corrected chi connectivity index (χ2v) is 4.16. The van der Waals surface area contributed by atoms with Gasteiger partial charge in [0.1, 0.15) is 0 Å². The molecule has 0 fully saturated rings. The average molecular weight is 257 g/mol. The zero-order chi connectivity index (χ0) is 11.5. The van der Waals surface area contributed by atoms with Crippen molar-refractivity contribution >= 4 is 23.2 Å². The van der Waals surface area contributed by atoms with Gasteiger partial charge >= 0.3 is 0 Å². The van der Waals surface area contributed by atoms with Gasteiger partial charge in [0.15, 0.2) is 5.76 Å². The molecule has 0 aliphatic heterocycles. The number of aromatic nitrogens is 1. The van der Waals surface area contributed by atoms with Gasteiger partial charge in [-0.25, -0.2) is 0 Å². The maximum atomic E-state index is 5.92. The number of nitrogens with zero attached hydrogens (tertiary/aromatic N) is 1. The highest BCUT2D eigenvalue weighted by Gasteiger charge is 2.08. The van der Waals surface area contributed by atoms with Gasteiger partial charge in [0.25, 0.3) is 0 Å². The summed E-state index contributed by atoms with van der Waals surface area (Å²) in [5.74, 6) is 0.669. The van der Waals surface area contributed by atoms with Crippen molar-refractivity contribution in [3.63, 3.8) is 0 Å². The highest BCUT2D eigenvalue weighted by atomic mass is 35.5. The second-order valence-electron chi connectivity index (χ2n) is 3.35. The van der Waals surface area contributed by atoms with Crippen LogP contribution in [-0.2, 0) is 6.42 Å². The standard InChI is InChI=1S/C11H10Cl2N2O/c12-9-2-1-7(5-10(9)13)11-6-8(3-4-14)15-16-11/h1-2,5-6H,3-4,14H2. The topological polar surface area (TPSA) is 52.0 Å². The van der Waals surface area contributed by atoms with E-state index in [4.69, 9.17) is 33.5 Å². The van der Waals surface area contributed by atoms with Crippen molar-refractivity contribution in [2.24, 2.45) is 5.73 Å². The monoisotopic (exact) mass is 256 g/mol. The Kier molecular flexibility index (Phi) is 3.49. The number of hydrogen-bond acceptors (Lipinski definition) is 3. The molecular formula is C11H10Cl2N2O. The van der Waals surface area contributed by atoms with Crippen LogP contribution in [0.5, 0.6) is 0 Å². The molecule has 0 aliphatic rings. The lowest BCUT2D eigenvalue weighted by atomic mass is 10.1. The first kappa shape index (κ1) is 11.5. The van der Waals surface area contributed by atoms with Crippen LogP contribution in [-0.4, -0.2) is 11.7 Å². The summed E-state index contributed by atoms with van der Waals surface area (Å²) < 4.78 is 5.19. The summed E-state index contributed by atoms with van der Waals surface area (Å²) in [6.45, 7) is 0.549. The quantitative estimate of drug-likeness (QED) is 0.918. The van der Waals surface area contributed by atoms with Gasteiger partial charge in [-0.1, -0.05) is 28.4 Å². The first-order valence-corrected chi connectivity index (χ1v) is 5.57. The van der Waals surface area contributed by atoms with Crippen LogP contribution < -0.4 is 5.73 Å². The van der Waals surface area contributed by atoms with Crippen LogP contribution in [0.4, 0.5) is 0 Å². The lowest BCUT2D eigenvalue weighted by Crippen LogP contribution is -2.02. The van der Waals surface area contributed by atoms with E-state index in [-0.39, 0.29) is 0 Å². The fourth-order valence-corrected chi connectivity index (χ4v) is 1.66. The molecule has 0 saturated heterocycles. The number of hydrogen-bond donors (Lipinski definition) is 1. The van der Waals surface area contributed by atoms with Crippen LogP contribution in [0, 0.1) is 0 Å². The Morgan fingerprint density at radius 2 is 2.00 bits per heavy atom. The van der Waals surface area contributed by atoms with Crippen molar-refractivity contribution in [1.82, 2.24) is 5.16 Å². The maximum Gasteiger partial charge on any atom is 0.167 e. The molecule has 3 nitrogen and oxygen atoms in total. The van der Waals surface area contributed by atoms with Crippen LogP contribution in [0.1, 0.15) is 5.69 Å². The van der Waals surface area contributed by atoms with E-state index in [9.17, 15) is 0 Å². The van der Waals surface area contributed by atoms with Gasteiger partial charge in [-0.15, -0.1) is 0 Å². The molecule has 0 amide bonds. The third-order valence-electron chi connectivity index (χ3n) is 2.16. The molecule has 0 bridgehead atoms. The first-order valence-electron chi connectivity index (χ1n) is 4.82. The van der Waals surface area contributed by atoms with Crippen molar-refractivity contribution in [2.45, 2.75) is 6.42 Å². The Balaban J connectivity index is 2.31. The van der Waals surface area contributed by atoms with E-state index in [2.05, 4.69) is 5.16 Å². The molecule has 0 spiro atoms. The minimum Gasteiger partial charge on any atom is -0.356 e. The van der Waals surface area contributed by atoms with E-state index in [1.54, 1.807) is 12.1 Å². The molecule has 0 saturated carbocycles. The summed E-state index contributed by atoms with van der Waals surface area (Å²) in [6.07, 6.45) is 0.699. The average Bonchev–Trinajstić information content (AvgIpc) is 2.71. The van der Waals surface area contributed by atoms with Crippen LogP contribution in [0.25, 0.3) is 11.3 Å². The van der Waals surface area contributed by atoms with E-state index in [0.717, 1.165) is 11.3 Å². The SMILES string of the molecule is NCCc1cc(-c2ccc(Cl)c(Cl)c2)on1. The van der Waals surface area contributed by atoms with E-state index in [1.807, 2.05) is 12.1 Å². The summed E-state index contributed by atoms with van der Waals surface area (Å²) in [4.78, 5) is 0. The van der Waals surface area contributed by atoms with Crippen molar-refractivity contribution < 1.29 is 4.52 Å². The minimum absolute atomic E-state index is 0.496. The zero-order valence-corrected chi connectivity index (χ0v) is 9.92. The minimum atomic E-state index is 0.496. The molecule has 0 atom stereocenters. The molecule has 1 heterocycles. The fraction of sp³-hybridized carbons (Fsp3) is 0.182. The van der Waals surface area contributed by atoms with Gasteiger partial charge in [0, 0.05) is 18.1 Å². The second kappa shape index (κ2) is 4.87. The van der Waals surface area contributed by atoms with Crippen LogP contribution >= 0.6 is 23.2 Å².